The Labute approximate surface area is 151 Å². The number of esters is 2. The van der Waals surface area contributed by atoms with Crippen molar-refractivity contribution < 1.29 is 19.1 Å². The van der Waals surface area contributed by atoms with Crippen molar-refractivity contribution in [2.45, 2.75) is 29.6 Å². The normalized spacial score (nSPS) is 15.3. The van der Waals surface area contributed by atoms with Gasteiger partial charge in [0.05, 0.1) is 14.2 Å². The van der Waals surface area contributed by atoms with Crippen LogP contribution >= 0.6 is 11.8 Å². The van der Waals surface area contributed by atoms with Crippen LogP contribution in [-0.2, 0) is 19.1 Å². The van der Waals surface area contributed by atoms with Gasteiger partial charge in [-0.3, -0.25) is 9.59 Å². The summed E-state index contributed by atoms with van der Waals surface area (Å²) in [6.45, 7) is 4.05. The Bertz CT molecular complexity index is 828. The topological polar surface area (TPSA) is 52.6 Å². The summed E-state index contributed by atoms with van der Waals surface area (Å²) in [6.07, 6.45) is 0. The van der Waals surface area contributed by atoms with Crippen molar-refractivity contribution >= 4 is 23.7 Å². The molecule has 1 heterocycles. The Morgan fingerprint density at radius 1 is 0.960 bits per heavy atom. The van der Waals surface area contributed by atoms with Gasteiger partial charge < -0.3 is 9.47 Å². The summed E-state index contributed by atoms with van der Waals surface area (Å²) in [5, 5.41) is 0. The minimum Gasteiger partial charge on any atom is -0.468 e. The summed E-state index contributed by atoms with van der Waals surface area (Å²) >= 11 is 1.68. The van der Waals surface area contributed by atoms with Crippen LogP contribution in [0.5, 0.6) is 0 Å². The molecule has 3 rings (SSSR count). The van der Waals surface area contributed by atoms with E-state index in [0.717, 1.165) is 32.0 Å². The van der Waals surface area contributed by atoms with Gasteiger partial charge in [0.1, 0.15) is 0 Å². The Balaban J connectivity index is 2.30. The first-order valence-electron chi connectivity index (χ1n) is 8.02. The minimum atomic E-state index is -1.03. The van der Waals surface area contributed by atoms with Crippen LogP contribution in [0.1, 0.15) is 28.2 Å². The molecule has 2 aromatic rings. The number of methoxy groups -OCH3 is 2. The predicted molar refractivity (Wildman–Crippen MR) is 95.8 cm³/mol. The molecule has 4 nitrogen and oxygen atoms in total. The van der Waals surface area contributed by atoms with Gasteiger partial charge in [-0.1, -0.05) is 42.1 Å². The van der Waals surface area contributed by atoms with E-state index in [1.54, 1.807) is 11.8 Å². The van der Waals surface area contributed by atoms with Crippen molar-refractivity contribution in [1.82, 2.24) is 0 Å². The number of benzene rings is 2. The van der Waals surface area contributed by atoms with Crippen molar-refractivity contribution in [2.24, 2.45) is 5.92 Å². The van der Waals surface area contributed by atoms with Gasteiger partial charge in [-0.15, -0.1) is 0 Å². The van der Waals surface area contributed by atoms with Crippen molar-refractivity contribution in [3.05, 3.63) is 58.7 Å². The molecular weight excluding hydrogens is 336 g/mol. The van der Waals surface area contributed by atoms with Crippen LogP contribution in [0.4, 0.5) is 0 Å². The van der Waals surface area contributed by atoms with E-state index in [2.05, 4.69) is 6.07 Å². The molecule has 0 saturated heterocycles. The highest BCUT2D eigenvalue weighted by Gasteiger charge is 2.43. The van der Waals surface area contributed by atoms with Crippen LogP contribution < -0.4 is 0 Å². The van der Waals surface area contributed by atoms with Crippen LogP contribution in [-0.4, -0.2) is 26.2 Å². The van der Waals surface area contributed by atoms with Crippen LogP contribution in [0, 0.1) is 19.8 Å². The molecule has 1 aliphatic heterocycles. The zero-order valence-corrected chi connectivity index (χ0v) is 15.5. The quantitative estimate of drug-likeness (QED) is 0.617. The highest BCUT2D eigenvalue weighted by molar-refractivity contribution is 7.99. The molecule has 0 aliphatic carbocycles. The molecule has 0 fully saturated rings. The molecule has 1 aliphatic rings. The number of aryl methyl sites for hydroxylation is 2. The molecule has 2 aromatic carbocycles. The third-order valence-electron chi connectivity index (χ3n) is 4.63. The number of carbonyl (C=O) groups excluding carboxylic acids is 2. The maximum absolute atomic E-state index is 12.5. The lowest BCUT2D eigenvalue weighted by Crippen LogP contribution is -2.34. The lowest BCUT2D eigenvalue weighted by Gasteiger charge is -2.33. The number of carbonyl (C=O) groups is 2. The molecule has 130 valence electrons. The minimum absolute atomic E-state index is 0.424. The van der Waals surface area contributed by atoms with Crippen LogP contribution in [0.15, 0.2) is 46.2 Å². The number of rotatable bonds is 3. The smallest absolute Gasteiger partial charge is 0.321 e. The van der Waals surface area contributed by atoms with E-state index < -0.39 is 23.8 Å². The summed E-state index contributed by atoms with van der Waals surface area (Å²) in [7, 11) is 2.59. The van der Waals surface area contributed by atoms with Crippen molar-refractivity contribution in [3.63, 3.8) is 0 Å². The fourth-order valence-electron chi connectivity index (χ4n) is 3.39. The largest absolute Gasteiger partial charge is 0.468 e. The zero-order chi connectivity index (χ0) is 18.1. The van der Waals surface area contributed by atoms with E-state index in [0.29, 0.717) is 0 Å². The second-order valence-corrected chi connectivity index (χ2v) is 7.14. The predicted octanol–water partition coefficient (Wildman–Crippen LogP) is 3.86. The number of hydrogen-bond donors (Lipinski definition) is 0. The van der Waals surface area contributed by atoms with E-state index >= 15 is 0 Å². The van der Waals surface area contributed by atoms with Crippen LogP contribution in [0.3, 0.4) is 0 Å². The third kappa shape index (κ3) is 2.93. The number of fused-ring (bicyclic) bond motifs is 2. The average molecular weight is 356 g/mol. The molecule has 0 N–H and O–H groups in total. The van der Waals surface area contributed by atoms with Crippen molar-refractivity contribution in [1.29, 1.82) is 0 Å². The summed E-state index contributed by atoms with van der Waals surface area (Å²) in [5.74, 6) is -2.61. The fraction of sp³-hybridized carbons (Fsp3) is 0.300. The maximum Gasteiger partial charge on any atom is 0.321 e. The van der Waals surface area contributed by atoms with Gasteiger partial charge in [-0.2, -0.15) is 0 Å². The molecule has 1 unspecified atom stereocenters. The van der Waals surface area contributed by atoms with Gasteiger partial charge in [0.15, 0.2) is 5.92 Å². The van der Waals surface area contributed by atoms with E-state index in [4.69, 9.17) is 9.47 Å². The van der Waals surface area contributed by atoms with E-state index in [-0.39, 0.29) is 0 Å². The first-order chi connectivity index (χ1) is 12.0. The number of hydrogen-bond acceptors (Lipinski definition) is 5. The average Bonchev–Trinajstić information content (AvgIpc) is 2.64. The van der Waals surface area contributed by atoms with Crippen molar-refractivity contribution in [2.75, 3.05) is 14.2 Å². The molecule has 1 atom stereocenters. The summed E-state index contributed by atoms with van der Waals surface area (Å²) in [4.78, 5) is 27.1. The van der Waals surface area contributed by atoms with Gasteiger partial charge in [0.25, 0.3) is 0 Å². The molecular formula is C20H20O4S. The summed E-state index contributed by atoms with van der Waals surface area (Å²) in [6, 6.07) is 12.0. The third-order valence-corrected chi connectivity index (χ3v) is 5.97. The highest BCUT2D eigenvalue weighted by atomic mass is 32.2. The molecule has 5 heteroatoms. The Morgan fingerprint density at radius 2 is 1.56 bits per heavy atom. The lowest BCUT2D eigenvalue weighted by molar-refractivity contribution is -0.159. The van der Waals surface area contributed by atoms with Gasteiger partial charge in [0, 0.05) is 15.7 Å². The molecule has 0 saturated carbocycles. The second kappa shape index (κ2) is 6.92. The maximum atomic E-state index is 12.5. The molecule has 0 spiro atoms. The number of ether oxygens (including phenoxy) is 2. The van der Waals surface area contributed by atoms with Gasteiger partial charge in [-0.05, 0) is 42.2 Å². The Hall–Kier alpha value is -2.27. The van der Waals surface area contributed by atoms with Gasteiger partial charge >= 0.3 is 11.9 Å². The second-order valence-electron chi connectivity index (χ2n) is 6.08. The lowest BCUT2D eigenvalue weighted by atomic mass is 9.78. The van der Waals surface area contributed by atoms with Crippen molar-refractivity contribution in [3.8, 4) is 0 Å². The zero-order valence-electron chi connectivity index (χ0n) is 14.7. The SMILES string of the molecule is COC(=O)C(C(=O)OC)C1c2ccccc2Sc2c(C)ccc(C)c21. The van der Waals surface area contributed by atoms with Crippen LogP contribution in [0.2, 0.25) is 0 Å². The standard InChI is InChI=1S/C20H20O4S/c1-11-9-10-12(2)18-15(11)16(13-7-5-6-8-14(13)25-18)17(19(21)23-3)20(22)24-4/h5-10,16-17H,1-4H3. The molecule has 25 heavy (non-hydrogen) atoms. The van der Waals surface area contributed by atoms with Gasteiger partial charge in [-0.25, -0.2) is 0 Å². The fourth-order valence-corrected chi connectivity index (χ4v) is 4.70. The molecule has 0 amide bonds. The van der Waals surface area contributed by atoms with Gasteiger partial charge in [0.2, 0.25) is 0 Å². The van der Waals surface area contributed by atoms with E-state index in [1.807, 2.05) is 44.2 Å². The summed E-state index contributed by atoms with van der Waals surface area (Å²) < 4.78 is 9.88. The Kier molecular flexibility index (Phi) is 4.86. The first kappa shape index (κ1) is 17.5. The summed E-state index contributed by atoms with van der Waals surface area (Å²) in [5.41, 5.74) is 4.13. The van der Waals surface area contributed by atoms with Crippen LogP contribution in [0.25, 0.3) is 0 Å². The van der Waals surface area contributed by atoms with E-state index in [1.165, 1.54) is 14.2 Å². The Morgan fingerprint density at radius 3 is 2.20 bits per heavy atom. The molecule has 0 aromatic heterocycles. The molecule has 0 bridgehead atoms. The first-order valence-corrected chi connectivity index (χ1v) is 8.83. The van der Waals surface area contributed by atoms with E-state index in [9.17, 15) is 9.59 Å². The monoisotopic (exact) mass is 356 g/mol. The highest BCUT2D eigenvalue weighted by Crippen LogP contribution is 2.51. The molecule has 0 radical (unpaired) electrons.